The highest BCUT2D eigenvalue weighted by Crippen LogP contribution is 2.18. The molecule has 4 aromatic carbocycles. The van der Waals surface area contributed by atoms with Gasteiger partial charge in [-0.25, -0.2) is 4.79 Å². The number of carbonyl (C=O) groups excluding carboxylic acids is 19. The summed E-state index contributed by atoms with van der Waals surface area (Å²) >= 11 is 0. The summed E-state index contributed by atoms with van der Waals surface area (Å²) in [6.07, 6.45) is -8.09. The molecule has 4 aromatic rings. The number of carbonyl (C=O) groups is 23. The van der Waals surface area contributed by atoms with E-state index in [-0.39, 0.29) is 54.9 Å². The van der Waals surface area contributed by atoms with Crippen LogP contribution >= 0.6 is 0 Å². The zero-order chi connectivity index (χ0) is 108. The predicted octanol–water partition coefficient (Wildman–Crippen LogP) is -11.4. The van der Waals surface area contributed by atoms with E-state index in [0.29, 0.717) is 11.1 Å². The van der Waals surface area contributed by atoms with Crippen LogP contribution in [0.15, 0.2) is 109 Å². The smallest absolute Gasteiger partial charge is 0.326 e. The molecule has 0 aliphatic heterocycles. The van der Waals surface area contributed by atoms with Crippen LogP contribution in [0.25, 0.3) is 0 Å². The molecule has 36 N–H and O–H groups in total. The van der Waals surface area contributed by atoms with Crippen LogP contribution in [0.4, 0.5) is 0 Å². The molecule has 0 bridgehead atoms. The van der Waals surface area contributed by atoms with Gasteiger partial charge in [-0.05, 0) is 98.9 Å². The standard InChI is InChI=1S/C89H123N23O32/c1-42(2)71(87(142)102-53(26-28-65(91)118)77(132)105-58(35-68(121)122)80(135)98-45(5)74(129)103-57(31-46-13-8-6-9-14-46)82(137)107-59(36-69(123)124)83(138)108-61(88(143)144)34-47-15-10-7-11-16-47)112-78(133)54(27-29-66(92)119)100-73(128)44(4)97-79(134)56(33-49-20-24-51(117)25-21-49)104-81(136)55(32-48-18-22-50(116)23-19-48)99-67(120)38-96-75(130)62(39-113)110-86(141)64(41-115)111-84(139)60(37-70(125)126)106-76(131)52(17-12-30-95-89(93)94)101-85(140)63(40-114)109-72(127)43(3)90/h6-11,13-16,18-25,42-45,52-64,71,113-117H,12,17,26-41,90H2,1-5H3,(H2,91,118)(H2,92,119)(H,96,130)(H,97,134)(H,98,135)(H,99,120)(H,100,128)(H,101,140)(H,102,142)(H,103,129)(H,104,136)(H,105,132)(H,106,131)(H,107,137)(H,108,138)(H,109,127)(H,110,141)(H,111,139)(H,112,133)(H,121,122)(H,123,124)(H,125,126)(H,143,144)(H4,93,94,95)/t43-,44-,45-,52-,53-,54-,55-,56-,57-,58-,59-,60-,61-,62-,63-,64-,71-/m0/s1. The average molecular weight is 2030 g/mol. The second-order valence-electron chi connectivity index (χ2n) is 33.3. The number of rotatable bonds is 63. The maximum Gasteiger partial charge on any atom is 0.326 e. The molecule has 0 aliphatic rings. The molecule has 55 nitrogen and oxygen atoms in total. The number of aliphatic hydroxyl groups is 3. The molecule has 786 valence electrons. The molecule has 0 radical (unpaired) electrons. The Morgan fingerprint density at radius 2 is 0.590 bits per heavy atom. The molecule has 0 saturated heterocycles. The number of hydrogen-bond donors (Lipinski definition) is 32. The topological polar surface area (TPSA) is 919 Å². The van der Waals surface area contributed by atoms with Crippen LogP contribution in [0.5, 0.6) is 11.5 Å². The Balaban J connectivity index is 1.54. The molecule has 55 heteroatoms. The highest BCUT2D eigenvalue weighted by molar-refractivity contribution is 6.03. The van der Waals surface area contributed by atoms with Gasteiger partial charge in [0.05, 0.1) is 51.7 Å². The van der Waals surface area contributed by atoms with Gasteiger partial charge in [0.25, 0.3) is 0 Å². The van der Waals surface area contributed by atoms with E-state index in [1.807, 2.05) is 10.6 Å². The number of aliphatic hydroxyl groups excluding tert-OH is 3. The molecule has 0 saturated carbocycles. The van der Waals surface area contributed by atoms with Gasteiger partial charge in [0.1, 0.15) is 108 Å². The number of carboxylic acid groups (broad SMARTS) is 4. The number of amides is 19. The Kier molecular flexibility index (Phi) is 50.2. The van der Waals surface area contributed by atoms with Gasteiger partial charge >= 0.3 is 23.9 Å². The Hall–Kier alpha value is -16.6. The highest BCUT2D eigenvalue weighted by Gasteiger charge is 2.41. The summed E-state index contributed by atoms with van der Waals surface area (Å²) < 4.78 is 0. The second-order valence-corrected chi connectivity index (χ2v) is 33.3. The first-order valence-corrected chi connectivity index (χ1v) is 44.7. The third kappa shape index (κ3) is 43.4. The van der Waals surface area contributed by atoms with Crippen molar-refractivity contribution in [3.63, 3.8) is 0 Å². The number of phenolic OH excluding ortho intramolecular Hbond substituents is 2. The Bertz CT molecular complexity index is 5200. The number of aliphatic carboxylic acids is 4. The zero-order valence-corrected chi connectivity index (χ0v) is 78.7. The number of nitrogens with two attached hydrogens (primary N) is 4. The molecule has 0 heterocycles. The summed E-state index contributed by atoms with van der Waals surface area (Å²) in [5.74, 6) is -31.7. The van der Waals surface area contributed by atoms with Crippen molar-refractivity contribution in [3.05, 3.63) is 131 Å². The van der Waals surface area contributed by atoms with E-state index in [0.717, 1.165) is 13.8 Å². The number of aromatic hydroxyl groups is 2. The van der Waals surface area contributed by atoms with Crippen molar-refractivity contribution in [2.24, 2.45) is 28.9 Å². The lowest BCUT2D eigenvalue weighted by molar-refractivity contribution is -0.144. The Morgan fingerprint density at radius 1 is 0.306 bits per heavy atom. The van der Waals surface area contributed by atoms with Gasteiger partial charge in [-0.2, -0.15) is 0 Å². The number of hydrogen-bond acceptors (Lipinski definition) is 30. The zero-order valence-electron chi connectivity index (χ0n) is 78.7. The third-order valence-electron chi connectivity index (χ3n) is 21.2. The predicted molar refractivity (Wildman–Crippen MR) is 499 cm³/mol. The molecule has 19 amide bonds. The van der Waals surface area contributed by atoms with E-state index < -0.39 is 335 Å². The second kappa shape index (κ2) is 60.4. The summed E-state index contributed by atoms with van der Waals surface area (Å²) in [6, 6.07) is -4.75. The molecular formula is C89H123N23O32. The molecule has 0 fully saturated rings. The minimum Gasteiger partial charge on any atom is -0.508 e. The van der Waals surface area contributed by atoms with Gasteiger partial charge in [-0.3, -0.25) is 111 Å². The Labute approximate surface area is 821 Å². The van der Waals surface area contributed by atoms with Crippen molar-refractivity contribution in [2.45, 2.75) is 221 Å². The van der Waals surface area contributed by atoms with Gasteiger partial charge in [-0.1, -0.05) is 98.8 Å². The molecule has 17 atom stereocenters. The quantitative estimate of drug-likeness (QED) is 0.0111. The number of primary amides is 2. The molecular weight excluding hydrogens is 1900 g/mol. The molecule has 144 heavy (non-hydrogen) atoms. The first-order valence-electron chi connectivity index (χ1n) is 44.7. The summed E-state index contributed by atoms with van der Waals surface area (Å²) in [6.45, 7) is 1.44. The van der Waals surface area contributed by atoms with E-state index in [1.165, 1.54) is 81.4 Å². The molecule has 0 aliphatic carbocycles. The number of phenols is 2. The molecule has 4 rings (SSSR count). The van der Waals surface area contributed by atoms with Crippen molar-refractivity contribution >= 4 is 142 Å². The number of guanidine groups is 1. The number of carboxylic acids is 4. The van der Waals surface area contributed by atoms with Crippen LogP contribution in [0.3, 0.4) is 0 Å². The van der Waals surface area contributed by atoms with Crippen LogP contribution in [-0.4, -0.2) is 324 Å². The monoisotopic (exact) mass is 2030 g/mol. The lowest BCUT2D eigenvalue weighted by atomic mass is 10.0. The maximum atomic E-state index is 14.7. The fourth-order valence-corrected chi connectivity index (χ4v) is 13.3. The largest absolute Gasteiger partial charge is 0.508 e. The average Bonchev–Trinajstić information content (AvgIpc) is 0.846. The maximum absolute atomic E-state index is 14.7. The van der Waals surface area contributed by atoms with Crippen LogP contribution in [0.2, 0.25) is 0 Å². The third-order valence-corrected chi connectivity index (χ3v) is 21.2. The van der Waals surface area contributed by atoms with Crippen LogP contribution in [0.1, 0.15) is 115 Å². The van der Waals surface area contributed by atoms with Gasteiger partial charge in [-0.15, -0.1) is 0 Å². The first kappa shape index (κ1) is 120. The number of benzene rings is 4. The molecule has 0 unspecified atom stereocenters. The van der Waals surface area contributed by atoms with Crippen LogP contribution in [-0.2, 0) is 136 Å². The van der Waals surface area contributed by atoms with Crippen LogP contribution in [0, 0.1) is 11.3 Å². The summed E-state index contributed by atoms with van der Waals surface area (Å²) in [7, 11) is 0. The Morgan fingerprint density at radius 3 is 0.958 bits per heavy atom. The van der Waals surface area contributed by atoms with E-state index in [1.54, 1.807) is 48.5 Å². The summed E-state index contributed by atoms with van der Waals surface area (Å²) in [4.78, 5) is 310. The SMILES string of the molecule is CC(C)[C@H](NC(=O)[C@H](CCC(N)=O)NC(=O)[C@H](C)NC(=O)[C@H](Cc1ccc(O)cc1)NC(=O)[C@H](Cc1ccc(O)cc1)NC(=O)CNC(=O)[C@H](CO)NC(=O)[C@H](CO)NC(=O)[C@H](CC(=O)O)NC(=O)[C@H](CCCNC(=N)N)NC(=O)[C@H](CO)NC(=O)[C@H](C)N)C(=O)N[C@@H](CCC(N)=O)C(=O)N[C@@H](CC(=O)O)C(=O)N[C@@H](C)C(=O)N[C@@H](Cc1ccccc1)C(=O)N[C@@H](CC(=O)O)C(=O)N[C@@H](Cc1ccccc1)C(=O)O. The van der Waals surface area contributed by atoms with Gasteiger partial charge < -0.3 is 165 Å². The lowest BCUT2D eigenvalue weighted by Crippen LogP contribution is -2.61. The molecule has 0 spiro atoms. The highest BCUT2D eigenvalue weighted by atomic mass is 16.4. The van der Waals surface area contributed by atoms with Gasteiger partial charge in [0, 0.05) is 45.1 Å². The minimum atomic E-state index is -2.14. The van der Waals surface area contributed by atoms with Crippen LogP contribution < -0.4 is 119 Å². The molecule has 0 aromatic heterocycles. The lowest BCUT2D eigenvalue weighted by Gasteiger charge is -2.28. The van der Waals surface area contributed by atoms with Crippen molar-refractivity contribution in [3.8, 4) is 11.5 Å². The van der Waals surface area contributed by atoms with E-state index >= 15 is 0 Å². The van der Waals surface area contributed by atoms with Crippen molar-refractivity contribution in [1.29, 1.82) is 5.41 Å². The fraction of sp³-hybridized carbons (Fsp3) is 0.461. The first-order chi connectivity index (χ1) is 67.8. The van der Waals surface area contributed by atoms with Crippen molar-refractivity contribution in [2.75, 3.05) is 32.9 Å². The summed E-state index contributed by atoms with van der Waals surface area (Å²) in [5.41, 5.74) is 23.1. The van der Waals surface area contributed by atoms with Gasteiger partial charge in [0.15, 0.2) is 5.96 Å². The minimum absolute atomic E-state index is 0.0447. The summed E-state index contributed by atoms with van der Waals surface area (Å²) in [5, 5.41) is 138. The van der Waals surface area contributed by atoms with E-state index in [2.05, 4.69) is 85.1 Å². The number of nitrogens with one attached hydrogen (secondary N) is 19. The van der Waals surface area contributed by atoms with E-state index in [4.69, 9.17) is 28.3 Å². The van der Waals surface area contributed by atoms with Crippen molar-refractivity contribution in [1.82, 2.24) is 95.7 Å². The van der Waals surface area contributed by atoms with Gasteiger partial charge in [0.2, 0.25) is 112 Å². The fourth-order valence-electron chi connectivity index (χ4n) is 13.3. The van der Waals surface area contributed by atoms with Crippen molar-refractivity contribution < 1.29 is 156 Å². The normalized spacial score (nSPS) is 14.5. The van der Waals surface area contributed by atoms with E-state index in [9.17, 15) is 156 Å².